The summed E-state index contributed by atoms with van der Waals surface area (Å²) in [6.07, 6.45) is 2.56. The minimum Gasteiger partial charge on any atom is -0.356 e. The number of nitrogens with zero attached hydrogens (tertiary/aromatic N) is 4. The first kappa shape index (κ1) is 22.3. The van der Waals surface area contributed by atoms with E-state index in [1.165, 1.54) is 57.0 Å². The fourth-order valence-electron chi connectivity index (χ4n) is 4.96. The number of nitrogens with one attached hydrogen (secondary N) is 2. The van der Waals surface area contributed by atoms with E-state index in [4.69, 9.17) is 0 Å². The Labute approximate surface area is 190 Å². The van der Waals surface area contributed by atoms with Crippen molar-refractivity contribution in [1.82, 2.24) is 25.3 Å². The third-order valence-corrected chi connectivity index (χ3v) is 7.44. The lowest BCUT2D eigenvalue weighted by Gasteiger charge is -2.47. The molecule has 4 fully saturated rings. The number of guanidine groups is 1. The van der Waals surface area contributed by atoms with Crippen LogP contribution in [0.25, 0.3) is 0 Å². The summed E-state index contributed by atoms with van der Waals surface area (Å²) in [5.74, 6) is 1.58. The average molecular weight is 519 g/mol. The molecule has 3 unspecified atom stereocenters. The Bertz CT molecular complexity index is 616. The number of thiophene rings is 1. The summed E-state index contributed by atoms with van der Waals surface area (Å²) in [4.78, 5) is 13.7. The van der Waals surface area contributed by atoms with Gasteiger partial charge in [0.1, 0.15) is 0 Å². The number of hydrogen-bond acceptors (Lipinski definition) is 5. The molecule has 0 spiro atoms. The van der Waals surface area contributed by atoms with Gasteiger partial charge in [-0.1, -0.05) is 6.07 Å². The van der Waals surface area contributed by atoms with Gasteiger partial charge in [0.2, 0.25) is 0 Å². The molecule has 2 N–H and O–H groups in total. The van der Waals surface area contributed by atoms with Crippen molar-refractivity contribution in [3.05, 3.63) is 22.4 Å². The molecular formula is C20H35IN6S. The molecule has 2 bridgehead atoms. The van der Waals surface area contributed by atoms with Gasteiger partial charge < -0.3 is 10.6 Å². The molecule has 1 aromatic heterocycles. The molecule has 0 saturated carbocycles. The zero-order valence-corrected chi connectivity index (χ0v) is 20.3. The van der Waals surface area contributed by atoms with Crippen LogP contribution in [0.15, 0.2) is 22.5 Å². The van der Waals surface area contributed by atoms with Crippen LogP contribution in [0, 0.1) is 5.92 Å². The topological polar surface area (TPSA) is 46.1 Å². The van der Waals surface area contributed by atoms with Gasteiger partial charge >= 0.3 is 0 Å². The molecule has 6 nitrogen and oxygen atoms in total. The molecule has 3 atom stereocenters. The second-order valence-corrected chi connectivity index (χ2v) is 9.15. The van der Waals surface area contributed by atoms with E-state index < -0.39 is 0 Å². The van der Waals surface area contributed by atoms with Crippen molar-refractivity contribution in [3.8, 4) is 0 Å². The van der Waals surface area contributed by atoms with E-state index >= 15 is 0 Å². The summed E-state index contributed by atoms with van der Waals surface area (Å²) in [6, 6.07) is 5.61. The molecule has 4 aliphatic rings. The summed E-state index contributed by atoms with van der Waals surface area (Å²) >= 11 is 1.89. The van der Waals surface area contributed by atoms with Gasteiger partial charge in [0.15, 0.2) is 5.96 Å². The summed E-state index contributed by atoms with van der Waals surface area (Å²) in [5.41, 5.74) is 0. The number of likely N-dealkylation sites (tertiary alicyclic amines) is 1. The Hall–Kier alpha value is -0.420. The van der Waals surface area contributed by atoms with Crippen LogP contribution >= 0.6 is 35.3 Å². The summed E-state index contributed by atoms with van der Waals surface area (Å²) in [7, 11) is 4.15. The quantitative estimate of drug-likeness (QED) is 0.355. The molecule has 0 aliphatic carbocycles. The largest absolute Gasteiger partial charge is 0.356 e. The van der Waals surface area contributed by atoms with E-state index in [1.54, 1.807) is 0 Å². The predicted octanol–water partition coefficient (Wildman–Crippen LogP) is 1.91. The number of piperidine rings is 1. The highest BCUT2D eigenvalue weighted by molar-refractivity contribution is 14.0. The van der Waals surface area contributed by atoms with E-state index in [-0.39, 0.29) is 24.0 Å². The van der Waals surface area contributed by atoms with Gasteiger partial charge in [0.25, 0.3) is 0 Å². The molecule has 5 heterocycles. The summed E-state index contributed by atoms with van der Waals surface area (Å²) in [6.45, 7) is 9.26. The maximum absolute atomic E-state index is 4.48. The second-order valence-electron chi connectivity index (χ2n) is 8.17. The fourth-order valence-corrected chi connectivity index (χ4v) is 5.95. The Balaban J connectivity index is 0.00000225. The van der Waals surface area contributed by atoms with Crippen LogP contribution in [0.4, 0.5) is 0 Å². The van der Waals surface area contributed by atoms with Gasteiger partial charge in [0.05, 0.1) is 0 Å². The third kappa shape index (κ3) is 5.19. The van der Waals surface area contributed by atoms with Crippen LogP contribution in [0.5, 0.6) is 0 Å². The summed E-state index contributed by atoms with van der Waals surface area (Å²) < 4.78 is 0. The van der Waals surface area contributed by atoms with Crippen molar-refractivity contribution < 1.29 is 0 Å². The second kappa shape index (κ2) is 10.6. The van der Waals surface area contributed by atoms with Gasteiger partial charge in [-0.15, -0.1) is 35.3 Å². The van der Waals surface area contributed by atoms with Gasteiger partial charge in [-0.3, -0.25) is 19.7 Å². The average Bonchev–Trinajstić information content (AvgIpc) is 3.23. The van der Waals surface area contributed by atoms with Crippen LogP contribution in [-0.4, -0.2) is 93.2 Å². The highest BCUT2D eigenvalue weighted by atomic mass is 127. The zero-order valence-electron chi connectivity index (χ0n) is 17.1. The fraction of sp³-hybridized carbons (Fsp3) is 0.750. The van der Waals surface area contributed by atoms with Crippen molar-refractivity contribution in [1.29, 1.82) is 0 Å². The minimum absolute atomic E-state index is 0. The van der Waals surface area contributed by atoms with E-state index in [0.29, 0.717) is 18.0 Å². The van der Waals surface area contributed by atoms with Gasteiger partial charge in [-0.25, -0.2) is 0 Å². The van der Waals surface area contributed by atoms with Crippen molar-refractivity contribution in [2.75, 3.05) is 66.5 Å². The Morgan fingerprint density at radius 3 is 2.61 bits per heavy atom. The van der Waals surface area contributed by atoms with Gasteiger partial charge in [0, 0.05) is 69.8 Å². The van der Waals surface area contributed by atoms with Crippen molar-refractivity contribution in [2.45, 2.75) is 24.9 Å². The third-order valence-electron chi connectivity index (χ3n) is 6.49. The van der Waals surface area contributed by atoms with Crippen molar-refractivity contribution >= 4 is 41.3 Å². The highest BCUT2D eigenvalue weighted by Crippen LogP contribution is 2.36. The van der Waals surface area contributed by atoms with Crippen LogP contribution in [0.3, 0.4) is 0 Å². The molecule has 0 amide bonds. The van der Waals surface area contributed by atoms with Crippen LogP contribution < -0.4 is 10.6 Å². The predicted molar refractivity (Wildman–Crippen MR) is 129 cm³/mol. The molecule has 4 aliphatic heterocycles. The molecule has 28 heavy (non-hydrogen) atoms. The molecule has 4 saturated heterocycles. The minimum atomic E-state index is 0. The molecule has 0 aromatic carbocycles. The normalized spacial score (nSPS) is 33.4. The maximum atomic E-state index is 4.48. The van der Waals surface area contributed by atoms with E-state index in [1.807, 2.05) is 18.4 Å². The standard InChI is InChI=1S/C20H34N6S.HI/c1-21-20(23-14-17-15-25-8-10-26(17)11-9-25)22-13-16-5-3-7-24(2)19(16)18-6-4-12-27-18;/h4,6,12,16-17,19H,3,5,7-11,13-15H2,1-2H3,(H2,21,22,23);1H. The highest BCUT2D eigenvalue weighted by Gasteiger charge is 2.33. The van der Waals surface area contributed by atoms with Gasteiger partial charge in [-0.2, -0.15) is 0 Å². The lowest BCUT2D eigenvalue weighted by molar-refractivity contribution is 0.0154. The first-order valence-electron chi connectivity index (χ1n) is 10.4. The first-order chi connectivity index (χ1) is 13.2. The lowest BCUT2D eigenvalue weighted by Crippen LogP contribution is -2.64. The zero-order chi connectivity index (χ0) is 18.6. The monoisotopic (exact) mass is 518 g/mol. The number of aliphatic imine (C=N–C) groups is 1. The number of hydrogen-bond donors (Lipinski definition) is 2. The van der Waals surface area contributed by atoms with Crippen molar-refractivity contribution in [3.63, 3.8) is 0 Å². The smallest absolute Gasteiger partial charge is 0.191 e. The Morgan fingerprint density at radius 2 is 1.96 bits per heavy atom. The van der Waals surface area contributed by atoms with E-state index in [2.05, 4.69) is 54.9 Å². The van der Waals surface area contributed by atoms with Crippen molar-refractivity contribution in [2.24, 2.45) is 10.9 Å². The maximum Gasteiger partial charge on any atom is 0.191 e. The Morgan fingerprint density at radius 1 is 1.18 bits per heavy atom. The van der Waals surface area contributed by atoms with Gasteiger partial charge in [-0.05, 0) is 43.8 Å². The van der Waals surface area contributed by atoms with Crippen LogP contribution in [0.1, 0.15) is 23.8 Å². The van der Waals surface area contributed by atoms with E-state index in [0.717, 1.165) is 19.0 Å². The number of halogens is 1. The Kier molecular flexibility index (Phi) is 8.40. The number of rotatable bonds is 5. The molecule has 1 aromatic rings. The number of fused-ring (bicyclic) bond motifs is 3. The molecule has 0 radical (unpaired) electrons. The first-order valence-corrected chi connectivity index (χ1v) is 11.3. The summed E-state index contributed by atoms with van der Waals surface area (Å²) in [5, 5.41) is 9.40. The molecule has 158 valence electrons. The van der Waals surface area contributed by atoms with Crippen LogP contribution in [0.2, 0.25) is 0 Å². The van der Waals surface area contributed by atoms with E-state index in [9.17, 15) is 0 Å². The molecule has 5 rings (SSSR count). The number of piperazine rings is 3. The molecule has 8 heteroatoms. The lowest BCUT2D eigenvalue weighted by atomic mass is 9.88. The van der Waals surface area contributed by atoms with Crippen LogP contribution in [-0.2, 0) is 0 Å². The molecular weight excluding hydrogens is 483 g/mol. The SMILES string of the molecule is CN=C(NCC1CCCN(C)C1c1cccs1)NCC1CN2CCN1CC2.I.